The Kier molecular flexibility index (Phi) is 1.85. The second-order valence-corrected chi connectivity index (χ2v) is 2.73. The van der Waals surface area contributed by atoms with Crippen molar-refractivity contribution in [3.8, 4) is 0 Å². The Morgan fingerprint density at radius 2 is 2.15 bits per heavy atom. The molecule has 1 aromatic heterocycles. The van der Waals surface area contributed by atoms with Crippen LogP contribution in [0.15, 0.2) is 36.7 Å². The Labute approximate surface area is 76.3 Å². The first-order valence-electron chi connectivity index (χ1n) is 4.01. The highest BCUT2D eigenvalue weighted by Crippen LogP contribution is 2.18. The van der Waals surface area contributed by atoms with Gasteiger partial charge in [-0.25, -0.2) is 4.85 Å². The van der Waals surface area contributed by atoms with E-state index in [2.05, 4.69) is 9.83 Å². The Morgan fingerprint density at radius 1 is 1.31 bits per heavy atom. The van der Waals surface area contributed by atoms with Crippen LogP contribution in [0, 0.1) is 6.57 Å². The van der Waals surface area contributed by atoms with E-state index in [0.29, 0.717) is 0 Å². The van der Waals surface area contributed by atoms with Crippen LogP contribution in [0.5, 0.6) is 0 Å². The third-order valence-electron chi connectivity index (χ3n) is 1.95. The van der Waals surface area contributed by atoms with Crippen molar-refractivity contribution in [1.82, 2.24) is 4.98 Å². The lowest BCUT2D eigenvalue weighted by Gasteiger charge is -1.88. The molecule has 0 aliphatic carbocycles. The third kappa shape index (κ3) is 1.32. The van der Waals surface area contributed by atoms with Crippen molar-refractivity contribution in [2.24, 2.45) is 0 Å². The molecule has 0 aliphatic heterocycles. The maximum atomic E-state index is 6.64. The van der Waals surface area contributed by atoms with E-state index in [-0.39, 0.29) is 0 Å². The van der Waals surface area contributed by atoms with E-state index >= 15 is 0 Å². The summed E-state index contributed by atoms with van der Waals surface area (Å²) in [6, 6.07) is 8.03. The summed E-state index contributed by atoms with van der Waals surface area (Å²) in [5, 5.41) is 1.16. The number of aromatic nitrogens is 1. The smallest absolute Gasteiger partial charge is 0.154 e. The van der Waals surface area contributed by atoms with Gasteiger partial charge in [0.25, 0.3) is 0 Å². The van der Waals surface area contributed by atoms with Gasteiger partial charge in [0.15, 0.2) is 6.20 Å². The minimum absolute atomic E-state index is 1.06. The highest BCUT2D eigenvalue weighted by Gasteiger charge is 1.97. The van der Waals surface area contributed by atoms with Gasteiger partial charge in [-0.2, -0.15) is 0 Å². The lowest BCUT2D eigenvalue weighted by Crippen LogP contribution is -1.66. The van der Waals surface area contributed by atoms with Gasteiger partial charge in [0.1, 0.15) is 0 Å². The molecule has 13 heavy (non-hydrogen) atoms. The number of hydrogen-bond acceptors (Lipinski definition) is 0. The van der Waals surface area contributed by atoms with Gasteiger partial charge in [0, 0.05) is 17.1 Å². The standard InChI is InChI=1S/C11H8N2/c1-12-7-6-9-8-13-11-5-3-2-4-10(9)11/h2-8,13H/b7-6+. The van der Waals surface area contributed by atoms with Crippen LogP contribution in [0.2, 0.25) is 0 Å². The molecule has 1 N–H and O–H groups in total. The van der Waals surface area contributed by atoms with Crippen LogP contribution < -0.4 is 0 Å². The fourth-order valence-electron chi connectivity index (χ4n) is 1.35. The van der Waals surface area contributed by atoms with Crippen molar-refractivity contribution >= 4 is 17.0 Å². The third-order valence-corrected chi connectivity index (χ3v) is 1.95. The van der Waals surface area contributed by atoms with Gasteiger partial charge in [-0.3, -0.25) is 0 Å². The summed E-state index contributed by atoms with van der Waals surface area (Å²) < 4.78 is 0. The molecular weight excluding hydrogens is 160 g/mol. The lowest BCUT2D eigenvalue weighted by atomic mass is 10.2. The quantitative estimate of drug-likeness (QED) is 0.631. The number of aromatic amines is 1. The molecular formula is C11H8N2. The number of para-hydroxylation sites is 1. The highest BCUT2D eigenvalue weighted by atomic mass is 14.7. The molecule has 0 saturated heterocycles. The number of nitrogens with one attached hydrogen (secondary N) is 1. The second kappa shape index (κ2) is 3.16. The molecule has 1 heterocycles. The van der Waals surface area contributed by atoms with Gasteiger partial charge in [-0.15, -0.1) is 0 Å². The van der Waals surface area contributed by atoms with E-state index in [1.807, 2.05) is 36.5 Å². The molecule has 0 spiro atoms. The molecule has 62 valence electrons. The molecule has 1 aromatic carbocycles. The van der Waals surface area contributed by atoms with Crippen molar-refractivity contribution in [3.63, 3.8) is 0 Å². The van der Waals surface area contributed by atoms with E-state index in [9.17, 15) is 0 Å². The van der Waals surface area contributed by atoms with Crippen LogP contribution in [0.3, 0.4) is 0 Å². The van der Waals surface area contributed by atoms with E-state index in [0.717, 1.165) is 16.5 Å². The zero-order valence-electron chi connectivity index (χ0n) is 6.99. The fourth-order valence-corrected chi connectivity index (χ4v) is 1.35. The number of hydrogen-bond donors (Lipinski definition) is 1. The summed E-state index contributed by atoms with van der Waals surface area (Å²) in [4.78, 5) is 6.32. The Bertz CT molecular complexity index is 486. The Morgan fingerprint density at radius 3 is 3.00 bits per heavy atom. The van der Waals surface area contributed by atoms with E-state index in [1.165, 1.54) is 6.20 Å². The number of rotatable bonds is 1. The number of fused-ring (bicyclic) bond motifs is 1. The summed E-state index contributed by atoms with van der Waals surface area (Å²) in [6.07, 6.45) is 5.19. The van der Waals surface area contributed by atoms with Crippen LogP contribution in [-0.4, -0.2) is 4.98 Å². The van der Waals surface area contributed by atoms with Gasteiger partial charge >= 0.3 is 0 Å². The van der Waals surface area contributed by atoms with Crippen LogP contribution in [0.4, 0.5) is 0 Å². The molecule has 0 atom stereocenters. The number of nitrogens with zero attached hydrogens (tertiary/aromatic N) is 1. The molecule has 2 aromatic rings. The molecule has 0 amide bonds. The fraction of sp³-hybridized carbons (Fsp3) is 0. The van der Waals surface area contributed by atoms with Gasteiger partial charge in [0.05, 0.1) is 6.57 Å². The van der Waals surface area contributed by atoms with Crippen molar-refractivity contribution in [3.05, 3.63) is 53.6 Å². The predicted octanol–water partition coefficient (Wildman–Crippen LogP) is 3.06. The van der Waals surface area contributed by atoms with Gasteiger partial charge in [-0.05, 0) is 11.6 Å². The SMILES string of the molecule is [C-]#[N+]/C=C/c1c[nH]c2ccccc12. The summed E-state index contributed by atoms with van der Waals surface area (Å²) in [7, 11) is 0. The molecule has 2 rings (SSSR count). The first kappa shape index (κ1) is 7.63. The van der Waals surface area contributed by atoms with Crippen LogP contribution in [0.1, 0.15) is 5.56 Å². The first-order valence-corrected chi connectivity index (χ1v) is 4.01. The zero-order chi connectivity index (χ0) is 9.10. The molecule has 0 radical (unpaired) electrons. The molecule has 2 heteroatoms. The summed E-state index contributed by atoms with van der Waals surface area (Å²) in [6.45, 7) is 6.64. The summed E-state index contributed by atoms with van der Waals surface area (Å²) >= 11 is 0. The normalized spacial score (nSPS) is 10.7. The largest absolute Gasteiger partial charge is 0.361 e. The Hall–Kier alpha value is -2.01. The highest BCUT2D eigenvalue weighted by molar-refractivity contribution is 5.88. The number of H-pyrrole nitrogens is 1. The van der Waals surface area contributed by atoms with Crippen molar-refractivity contribution in [2.45, 2.75) is 0 Å². The van der Waals surface area contributed by atoms with E-state index in [1.54, 1.807) is 0 Å². The zero-order valence-corrected chi connectivity index (χ0v) is 6.99. The average Bonchev–Trinajstić information content (AvgIpc) is 2.58. The van der Waals surface area contributed by atoms with Gasteiger partial charge in [0.2, 0.25) is 0 Å². The molecule has 0 unspecified atom stereocenters. The maximum Gasteiger partial charge on any atom is 0.154 e. The second-order valence-electron chi connectivity index (χ2n) is 2.73. The van der Waals surface area contributed by atoms with Crippen LogP contribution in [0.25, 0.3) is 21.8 Å². The first-order chi connectivity index (χ1) is 6.42. The molecule has 0 saturated carbocycles. The van der Waals surface area contributed by atoms with E-state index < -0.39 is 0 Å². The lowest BCUT2D eigenvalue weighted by molar-refractivity contribution is 1.47. The minimum atomic E-state index is 1.06. The molecule has 2 nitrogen and oxygen atoms in total. The van der Waals surface area contributed by atoms with E-state index in [4.69, 9.17) is 6.57 Å². The van der Waals surface area contributed by atoms with Crippen molar-refractivity contribution in [1.29, 1.82) is 0 Å². The van der Waals surface area contributed by atoms with Gasteiger partial charge < -0.3 is 4.98 Å². The topological polar surface area (TPSA) is 20.1 Å². The number of benzene rings is 1. The molecule has 0 bridgehead atoms. The molecule has 0 aliphatic rings. The van der Waals surface area contributed by atoms with Crippen molar-refractivity contribution in [2.75, 3.05) is 0 Å². The average molecular weight is 168 g/mol. The van der Waals surface area contributed by atoms with Gasteiger partial charge in [-0.1, -0.05) is 24.3 Å². The monoisotopic (exact) mass is 168 g/mol. The summed E-state index contributed by atoms with van der Waals surface area (Å²) in [5.41, 5.74) is 2.17. The summed E-state index contributed by atoms with van der Waals surface area (Å²) in [5.74, 6) is 0. The Balaban J connectivity index is 2.59. The minimum Gasteiger partial charge on any atom is -0.361 e. The predicted molar refractivity (Wildman–Crippen MR) is 53.9 cm³/mol. The maximum absolute atomic E-state index is 6.64. The van der Waals surface area contributed by atoms with Crippen LogP contribution >= 0.6 is 0 Å². The van der Waals surface area contributed by atoms with Crippen LogP contribution in [-0.2, 0) is 0 Å². The molecule has 0 fully saturated rings. The van der Waals surface area contributed by atoms with Crippen molar-refractivity contribution < 1.29 is 0 Å².